The SMILES string of the molecule is CCCn1cc(Br)cc1C(=O)N1CCC(C)CC1C(=O)O. The molecule has 0 spiro atoms. The molecule has 1 fully saturated rings. The number of carbonyl (C=O) groups is 2. The Labute approximate surface area is 133 Å². The molecule has 1 aromatic rings. The van der Waals surface area contributed by atoms with Gasteiger partial charge in [0.2, 0.25) is 0 Å². The Bertz CT molecular complexity index is 541. The van der Waals surface area contributed by atoms with Crippen LogP contribution in [-0.2, 0) is 11.3 Å². The minimum atomic E-state index is -0.914. The van der Waals surface area contributed by atoms with Crippen LogP contribution in [0.5, 0.6) is 0 Å². The van der Waals surface area contributed by atoms with Crippen molar-refractivity contribution in [3.63, 3.8) is 0 Å². The molecule has 5 nitrogen and oxygen atoms in total. The number of aliphatic carboxylic acids is 1. The van der Waals surface area contributed by atoms with E-state index in [0.29, 0.717) is 24.6 Å². The number of halogens is 1. The maximum absolute atomic E-state index is 12.8. The highest BCUT2D eigenvalue weighted by Gasteiger charge is 2.36. The van der Waals surface area contributed by atoms with Crippen LogP contribution in [0.1, 0.15) is 43.6 Å². The molecule has 2 unspecified atom stereocenters. The molecule has 0 saturated carbocycles. The summed E-state index contributed by atoms with van der Waals surface area (Å²) >= 11 is 3.39. The Hall–Kier alpha value is -1.30. The lowest BCUT2D eigenvalue weighted by Crippen LogP contribution is -2.50. The number of carboxylic acid groups (broad SMARTS) is 1. The van der Waals surface area contributed by atoms with E-state index in [9.17, 15) is 14.7 Å². The molecule has 0 bridgehead atoms. The van der Waals surface area contributed by atoms with Gasteiger partial charge in [-0.25, -0.2) is 4.79 Å². The lowest BCUT2D eigenvalue weighted by Gasteiger charge is -2.36. The quantitative estimate of drug-likeness (QED) is 0.901. The van der Waals surface area contributed by atoms with E-state index in [1.165, 1.54) is 4.90 Å². The molecule has 0 radical (unpaired) electrons. The molecule has 1 amide bonds. The van der Waals surface area contributed by atoms with Crippen molar-refractivity contribution in [3.05, 3.63) is 22.4 Å². The maximum Gasteiger partial charge on any atom is 0.326 e. The molecule has 1 aliphatic rings. The molecule has 2 heterocycles. The van der Waals surface area contributed by atoms with Crippen LogP contribution in [0.2, 0.25) is 0 Å². The molecule has 0 aromatic carbocycles. The van der Waals surface area contributed by atoms with Gasteiger partial charge in [-0.15, -0.1) is 0 Å². The highest BCUT2D eigenvalue weighted by atomic mass is 79.9. The van der Waals surface area contributed by atoms with E-state index in [2.05, 4.69) is 15.9 Å². The van der Waals surface area contributed by atoms with E-state index in [0.717, 1.165) is 23.9 Å². The molecule has 2 atom stereocenters. The zero-order chi connectivity index (χ0) is 15.6. The molecule has 116 valence electrons. The fourth-order valence-corrected chi connectivity index (χ4v) is 3.31. The van der Waals surface area contributed by atoms with E-state index in [4.69, 9.17) is 0 Å². The van der Waals surface area contributed by atoms with Gasteiger partial charge in [0.05, 0.1) is 0 Å². The number of hydrogen-bond donors (Lipinski definition) is 1. The summed E-state index contributed by atoms with van der Waals surface area (Å²) in [5.74, 6) is -0.764. The van der Waals surface area contributed by atoms with Crippen LogP contribution >= 0.6 is 15.9 Å². The smallest absolute Gasteiger partial charge is 0.326 e. The topological polar surface area (TPSA) is 62.5 Å². The highest BCUT2D eigenvalue weighted by molar-refractivity contribution is 9.10. The van der Waals surface area contributed by atoms with Crippen LogP contribution in [0, 0.1) is 5.92 Å². The first kappa shape index (κ1) is 16.1. The maximum atomic E-state index is 12.8. The van der Waals surface area contributed by atoms with Gasteiger partial charge in [0.1, 0.15) is 11.7 Å². The van der Waals surface area contributed by atoms with Crippen molar-refractivity contribution in [1.82, 2.24) is 9.47 Å². The summed E-state index contributed by atoms with van der Waals surface area (Å²) in [7, 11) is 0. The minimum Gasteiger partial charge on any atom is -0.480 e. The average Bonchev–Trinajstić information content (AvgIpc) is 2.79. The monoisotopic (exact) mass is 356 g/mol. The van der Waals surface area contributed by atoms with E-state index < -0.39 is 12.0 Å². The summed E-state index contributed by atoms with van der Waals surface area (Å²) in [4.78, 5) is 25.7. The Morgan fingerprint density at radius 2 is 2.19 bits per heavy atom. The summed E-state index contributed by atoms with van der Waals surface area (Å²) in [5.41, 5.74) is 0.560. The number of hydrogen-bond acceptors (Lipinski definition) is 2. The van der Waals surface area contributed by atoms with E-state index >= 15 is 0 Å². The van der Waals surface area contributed by atoms with Crippen molar-refractivity contribution in [2.75, 3.05) is 6.54 Å². The third-order valence-electron chi connectivity index (χ3n) is 3.96. The van der Waals surface area contributed by atoms with Gasteiger partial charge >= 0.3 is 5.97 Å². The van der Waals surface area contributed by atoms with Gasteiger partial charge in [-0.05, 0) is 47.2 Å². The van der Waals surface area contributed by atoms with Crippen LogP contribution in [0.25, 0.3) is 0 Å². The molecule has 1 aliphatic heterocycles. The van der Waals surface area contributed by atoms with Gasteiger partial charge in [0.15, 0.2) is 0 Å². The fourth-order valence-electron chi connectivity index (χ4n) is 2.85. The van der Waals surface area contributed by atoms with Crippen LogP contribution in [-0.4, -0.2) is 39.0 Å². The van der Waals surface area contributed by atoms with Crippen molar-refractivity contribution in [1.29, 1.82) is 0 Å². The first-order valence-electron chi connectivity index (χ1n) is 7.33. The first-order valence-corrected chi connectivity index (χ1v) is 8.12. The molecule has 1 saturated heterocycles. The van der Waals surface area contributed by atoms with Gasteiger partial charge in [0.25, 0.3) is 5.91 Å². The number of nitrogens with zero attached hydrogens (tertiary/aromatic N) is 2. The van der Waals surface area contributed by atoms with E-state index in [1.54, 1.807) is 6.07 Å². The number of amides is 1. The van der Waals surface area contributed by atoms with E-state index in [1.807, 2.05) is 24.6 Å². The number of piperidine rings is 1. The zero-order valence-electron chi connectivity index (χ0n) is 12.4. The number of aryl methyl sites for hydroxylation is 1. The second-order valence-corrected chi connectivity index (χ2v) is 6.63. The molecule has 0 aliphatic carbocycles. The third-order valence-corrected chi connectivity index (χ3v) is 4.39. The molecular formula is C15H21BrN2O3. The third kappa shape index (κ3) is 3.48. The molecule has 1 aromatic heterocycles. The fraction of sp³-hybridized carbons (Fsp3) is 0.600. The summed E-state index contributed by atoms with van der Waals surface area (Å²) in [6, 6.07) is 1.06. The number of rotatable bonds is 4. The van der Waals surface area contributed by atoms with Crippen LogP contribution in [0.3, 0.4) is 0 Å². The van der Waals surface area contributed by atoms with Crippen LogP contribution in [0.15, 0.2) is 16.7 Å². The lowest BCUT2D eigenvalue weighted by molar-refractivity contribution is -0.144. The van der Waals surface area contributed by atoms with Gasteiger partial charge in [0, 0.05) is 23.8 Å². The number of carbonyl (C=O) groups excluding carboxylic acids is 1. The van der Waals surface area contributed by atoms with Crippen LogP contribution < -0.4 is 0 Å². The Morgan fingerprint density at radius 3 is 2.81 bits per heavy atom. The predicted octanol–water partition coefficient (Wildman–Crippen LogP) is 2.99. The molecule has 21 heavy (non-hydrogen) atoms. The summed E-state index contributed by atoms with van der Waals surface area (Å²) in [6.45, 7) is 5.33. The van der Waals surface area contributed by atoms with Crippen molar-refractivity contribution < 1.29 is 14.7 Å². The Balaban J connectivity index is 2.27. The predicted molar refractivity (Wildman–Crippen MR) is 83.3 cm³/mol. The summed E-state index contributed by atoms with van der Waals surface area (Å²) in [6.07, 6.45) is 4.17. The number of carboxylic acids is 1. The second kappa shape index (κ2) is 6.64. The number of likely N-dealkylation sites (tertiary alicyclic amines) is 1. The zero-order valence-corrected chi connectivity index (χ0v) is 14.0. The normalized spacial score (nSPS) is 22.3. The second-order valence-electron chi connectivity index (χ2n) is 5.72. The summed E-state index contributed by atoms with van der Waals surface area (Å²) in [5, 5.41) is 9.39. The largest absolute Gasteiger partial charge is 0.480 e. The van der Waals surface area contributed by atoms with Crippen molar-refractivity contribution >= 4 is 27.8 Å². The lowest BCUT2D eigenvalue weighted by atomic mass is 9.92. The Morgan fingerprint density at radius 1 is 1.48 bits per heavy atom. The van der Waals surface area contributed by atoms with Crippen molar-refractivity contribution in [2.24, 2.45) is 5.92 Å². The van der Waals surface area contributed by atoms with Gasteiger partial charge in [-0.1, -0.05) is 13.8 Å². The Kier molecular flexibility index (Phi) is 5.08. The number of aromatic nitrogens is 1. The molecule has 1 N–H and O–H groups in total. The van der Waals surface area contributed by atoms with Gasteiger partial charge in [-0.2, -0.15) is 0 Å². The highest BCUT2D eigenvalue weighted by Crippen LogP contribution is 2.26. The molecular weight excluding hydrogens is 336 g/mol. The average molecular weight is 357 g/mol. The van der Waals surface area contributed by atoms with Crippen molar-refractivity contribution in [3.8, 4) is 0 Å². The van der Waals surface area contributed by atoms with Gasteiger partial charge < -0.3 is 14.6 Å². The minimum absolute atomic E-state index is 0.187. The van der Waals surface area contributed by atoms with Crippen molar-refractivity contribution in [2.45, 2.75) is 45.7 Å². The summed E-state index contributed by atoms with van der Waals surface area (Å²) < 4.78 is 2.74. The first-order chi connectivity index (χ1) is 9.93. The molecule has 6 heteroatoms. The molecule has 2 rings (SSSR count). The van der Waals surface area contributed by atoms with Gasteiger partial charge in [-0.3, -0.25) is 4.79 Å². The van der Waals surface area contributed by atoms with E-state index in [-0.39, 0.29) is 5.91 Å². The van der Waals surface area contributed by atoms with Crippen LogP contribution in [0.4, 0.5) is 0 Å². The standard InChI is InChI=1S/C15H21BrN2O3/c1-3-5-17-9-11(16)8-12(17)14(19)18-6-4-10(2)7-13(18)15(20)21/h8-10,13H,3-7H2,1-2H3,(H,20,21).